The number of thioether (sulfide) groups is 1. The van der Waals surface area contributed by atoms with E-state index in [0.29, 0.717) is 21.4 Å². The van der Waals surface area contributed by atoms with Crippen molar-refractivity contribution >= 4 is 63.2 Å². The molecule has 1 aliphatic rings. The number of carbonyl (C=O) groups is 2. The van der Waals surface area contributed by atoms with Gasteiger partial charge in [-0.1, -0.05) is 23.7 Å². The molecule has 1 fully saturated rings. The Bertz CT molecular complexity index is 930. The predicted molar refractivity (Wildman–Crippen MR) is 115 cm³/mol. The molecule has 3 rings (SSSR count). The lowest BCUT2D eigenvalue weighted by Crippen LogP contribution is -2.27. The maximum atomic E-state index is 12.7. The number of carbonyl (C=O) groups excluding carboxylic acids is 2. The van der Waals surface area contributed by atoms with Gasteiger partial charge in [-0.15, -0.1) is 0 Å². The molecule has 140 valence electrons. The Morgan fingerprint density at radius 3 is 2.48 bits per heavy atom. The fraction of sp³-hybridized carbons (Fsp3) is 0.158. The molecule has 0 bridgehead atoms. The number of hydrogen-bond acceptors (Lipinski definition) is 5. The Kier molecular flexibility index (Phi) is 6.33. The fourth-order valence-electron chi connectivity index (χ4n) is 2.58. The number of nitrogens with zero attached hydrogens (tertiary/aromatic N) is 1. The third-order valence-electron chi connectivity index (χ3n) is 3.88. The van der Waals surface area contributed by atoms with Gasteiger partial charge < -0.3 is 9.47 Å². The Morgan fingerprint density at radius 1 is 1.15 bits per heavy atom. The van der Waals surface area contributed by atoms with Crippen molar-refractivity contribution < 1.29 is 19.1 Å². The Hall–Kier alpha value is -1.71. The van der Waals surface area contributed by atoms with E-state index in [4.69, 9.17) is 21.1 Å². The molecule has 0 aromatic heterocycles. The molecule has 0 radical (unpaired) electrons. The quantitative estimate of drug-likeness (QED) is 0.405. The number of imide groups is 1. The normalized spacial score (nSPS) is 15.6. The summed E-state index contributed by atoms with van der Waals surface area (Å²) in [5.74, 6) is 0.881. The summed E-state index contributed by atoms with van der Waals surface area (Å²) in [6, 6.07) is 10.7. The van der Waals surface area contributed by atoms with Gasteiger partial charge in [0, 0.05) is 5.02 Å². The number of amides is 2. The van der Waals surface area contributed by atoms with Gasteiger partial charge in [-0.25, -0.2) is 0 Å². The standard InChI is InChI=1S/C19H15ClINO4S/c1-25-15-8-12(7-14(21)17(15)26-2)9-16-18(23)22(19(24)27-16)10-11-3-5-13(20)6-4-11/h3-9H,10H2,1-2H3/b16-9-. The van der Waals surface area contributed by atoms with Crippen LogP contribution in [0.15, 0.2) is 41.3 Å². The van der Waals surface area contributed by atoms with Gasteiger partial charge in [-0.3, -0.25) is 14.5 Å². The maximum absolute atomic E-state index is 12.7. The predicted octanol–water partition coefficient (Wildman–Crippen LogP) is 5.20. The molecule has 27 heavy (non-hydrogen) atoms. The summed E-state index contributed by atoms with van der Waals surface area (Å²) in [6.45, 7) is 0.211. The van der Waals surface area contributed by atoms with Crippen LogP contribution < -0.4 is 9.47 Å². The summed E-state index contributed by atoms with van der Waals surface area (Å²) in [4.78, 5) is 26.6. The first-order chi connectivity index (χ1) is 12.9. The van der Waals surface area contributed by atoms with E-state index >= 15 is 0 Å². The average Bonchev–Trinajstić information content (AvgIpc) is 2.90. The van der Waals surface area contributed by atoms with Crippen LogP contribution in [0.3, 0.4) is 0 Å². The lowest BCUT2D eigenvalue weighted by atomic mass is 10.1. The highest BCUT2D eigenvalue weighted by molar-refractivity contribution is 14.1. The van der Waals surface area contributed by atoms with Crippen LogP contribution in [0.4, 0.5) is 4.79 Å². The number of halogens is 2. The molecule has 2 amide bonds. The van der Waals surface area contributed by atoms with Crippen molar-refractivity contribution in [2.75, 3.05) is 14.2 Å². The van der Waals surface area contributed by atoms with E-state index < -0.39 is 0 Å². The number of hydrogen-bond donors (Lipinski definition) is 0. The minimum absolute atomic E-state index is 0.211. The first-order valence-corrected chi connectivity index (χ1v) is 10.1. The van der Waals surface area contributed by atoms with Crippen molar-refractivity contribution in [2.45, 2.75) is 6.54 Å². The van der Waals surface area contributed by atoms with Crippen LogP contribution in [0.1, 0.15) is 11.1 Å². The first-order valence-electron chi connectivity index (χ1n) is 7.84. The number of ether oxygens (including phenoxy) is 2. The van der Waals surface area contributed by atoms with Crippen LogP contribution >= 0.6 is 46.0 Å². The van der Waals surface area contributed by atoms with Crippen molar-refractivity contribution in [3.8, 4) is 11.5 Å². The van der Waals surface area contributed by atoms with Crippen LogP contribution in [0.5, 0.6) is 11.5 Å². The van der Waals surface area contributed by atoms with Crippen LogP contribution in [-0.2, 0) is 11.3 Å². The van der Waals surface area contributed by atoms with Crippen LogP contribution in [0.25, 0.3) is 6.08 Å². The molecule has 1 aliphatic heterocycles. The van der Waals surface area contributed by atoms with E-state index in [-0.39, 0.29) is 17.7 Å². The summed E-state index contributed by atoms with van der Waals surface area (Å²) in [5, 5.41) is 0.312. The van der Waals surface area contributed by atoms with Gasteiger partial charge in [0.2, 0.25) is 0 Å². The van der Waals surface area contributed by atoms with E-state index in [0.717, 1.165) is 26.5 Å². The molecule has 5 nitrogen and oxygen atoms in total. The fourth-order valence-corrected chi connectivity index (χ4v) is 4.39. The molecule has 0 spiro atoms. The van der Waals surface area contributed by atoms with Gasteiger partial charge in [0.1, 0.15) is 0 Å². The van der Waals surface area contributed by atoms with Crippen molar-refractivity contribution in [2.24, 2.45) is 0 Å². The van der Waals surface area contributed by atoms with Gasteiger partial charge in [0.25, 0.3) is 11.1 Å². The van der Waals surface area contributed by atoms with E-state index in [1.165, 1.54) is 4.90 Å². The molecule has 0 unspecified atom stereocenters. The molecule has 0 atom stereocenters. The van der Waals surface area contributed by atoms with Crippen LogP contribution in [0.2, 0.25) is 5.02 Å². The summed E-state index contributed by atoms with van der Waals surface area (Å²) in [7, 11) is 3.12. The van der Waals surface area contributed by atoms with E-state index in [9.17, 15) is 9.59 Å². The monoisotopic (exact) mass is 515 g/mol. The van der Waals surface area contributed by atoms with E-state index in [2.05, 4.69) is 22.6 Å². The zero-order valence-electron chi connectivity index (χ0n) is 14.5. The van der Waals surface area contributed by atoms with Crippen molar-refractivity contribution in [3.05, 3.63) is 61.0 Å². The zero-order valence-corrected chi connectivity index (χ0v) is 18.2. The van der Waals surface area contributed by atoms with Crippen molar-refractivity contribution in [1.82, 2.24) is 4.90 Å². The summed E-state index contributed by atoms with van der Waals surface area (Å²) >= 11 is 8.94. The summed E-state index contributed by atoms with van der Waals surface area (Å²) in [6.07, 6.45) is 1.69. The molecule has 1 saturated heterocycles. The third-order valence-corrected chi connectivity index (χ3v) is 5.84. The lowest BCUT2D eigenvalue weighted by Gasteiger charge is -2.12. The number of methoxy groups -OCH3 is 2. The lowest BCUT2D eigenvalue weighted by molar-refractivity contribution is -0.123. The molecule has 0 aliphatic carbocycles. The Morgan fingerprint density at radius 2 is 1.85 bits per heavy atom. The highest BCUT2D eigenvalue weighted by Gasteiger charge is 2.35. The molecule has 0 saturated carbocycles. The number of rotatable bonds is 5. The van der Waals surface area contributed by atoms with Crippen molar-refractivity contribution in [1.29, 1.82) is 0 Å². The minimum atomic E-state index is -0.315. The minimum Gasteiger partial charge on any atom is -0.493 e. The van der Waals surface area contributed by atoms with Gasteiger partial charge in [-0.05, 0) is 75.8 Å². The molecule has 8 heteroatoms. The SMILES string of the molecule is COc1cc(/C=C2\SC(=O)N(Cc3ccc(Cl)cc3)C2=O)cc(I)c1OC. The molecular weight excluding hydrogens is 501 g/mol. The van der Waals surface area contributed by atoms with Gasteiger partial charge in [0.15, 0.2) is 11.5 Å². The third kappa shape index (κ3) is 4.41. The van der Waals surface area contributed by atoms with E-state index in [1.807, 2.05) is 6.07 Å². The summed E-state index contributed by atoms with van der Waals surface area (Å²) in [5.41, 5.74) is 1.60. The number of benzene rings is 2. The first kappa shape index (κ1) is 20.0. The van der Waals surface area contributed by atoms with Crippen LogP contribution in [0, 0.1) is 3.57 Å². The molecule has 0 N–H and O–H groups in total. The smallest absolute Gasteiger partial charge is 0.293 e. The van der Waals surface area contributed by atoms with E-state index in [1.54, 1.807) is 50.6 Å². The molecule has 1 heterocycles. The largest absolute Gasteiger partial charge is 0.493 e. The molecule has 2 aromatic rings. The summed E-state index contributed by atoms with van der Waals surface area (Å²) < 4.78 is 11.5. The van der Waals surface area contributed by atoms with Gasteiger partial charge >= 0.3 is 0 Å². The van der Waals surface area contributed by atoms with Crippen LogP contribution in [-0.4, -0.2) is 30.3 Å². The topological polar surface area (TPSA) is 55.8 Å². The molecular formula is C19H15ClINO4S. The van der Waals surface area contributed by atoms with Gasteiger partial charge in [-0.2, -0.15) is 0 Å². The maximum Gasteiger partial charge on any atom is 0.293 e. The molecule has 2 aromatic carbocycles. The second-order valence-electron chi connectivity index (χ2n) is 5.63. The second-order valence-corrected chi connectivity index (χ2v) is 8.22. The zero-order chi connectivity index (χ0) is 19.6. The highest BCUT2D eigenvalue weighted by atomic mass is 127. The van der Waals surface area contributed by atoms with Gasteiger partial charge in [0.05, 0.1) is 29.2 Å². The van der Waals surface area contributed by atoms with Crippen molar-refractivity contribution in [3.63, 3.8) is 0 Å². The average molecular weight is 516 g/mol. The Labute approximate surface area is 179 Å². The highest BCUT2D eigenvalue weighted by Crippen LogP contribution is 2.37. The Balaban J connectivity index is 1.86. The second kappa shape index (κ2) is 8.53.